The Balaban J connectivity index is 1.30. The number of rotatable bonds is 5. The molecule has 2 amide bonds. The van der Waals surface area contributed by atoms with E-state index in [1.54, 1.807) is 7.11 Å². The molecule has 2 heterocycles. The minimum absolute atomic E-state index is 0.0811. The van der Waals surface area contributed by atoms with Crippen molar-refractivity contribution in [3.63, 3.8) is 0 Å². The molecule has 156 valence electrons. The number of aryl methyl sites for hydroxylation is 1. The summed E-state index contributed by atoms with van der Waals surface area (Å²) < 4.78 is 5.21. The Bertz CT molecular complexity index is 993. The Morgan fingerprint density at radius 3 is 2.57 bits per heavy atom. The summed E-state index contributed by atoms with van der Waals surface area (Å²) >= 11 is 0. The van der Waals surface area contributed by atoms with E-state index < -0.39 is 0 Å². The molecule has 0 unspecified atom stereocenters. The smallest absolute Gasteiger partial charge is 0.321 e. The Hall–Kier alpha value is -3.39. The second kappa shape index (κ2) is 8.96. The van der Waals surface area contributed by atoms with Crippen molar-refractivity contribution in [3.05, 3.63) is 59.9 Å². The van der Waals surface area contributed by atoms with E-state index in [1.807, 2.05) is 48.2 Å². The molecule has 0 atom stereocenters. The summed E-state index contributed by atoms with van der Waals surface area (Å²) in [5.41, 5.74) is 2.84. The Morgan fingerprint density at radius 1 is 1.13 bits per heavy atom. The highest BCUT2D eigenvalue weighted by molar-refractivity contribution is 5.90. The van der Waals surface area contributed by atoms with E-state index in [0.29, 0.717) is 18.9 Å². The highest BCUT2D eigenvalue weighted by Gasteiger charge is 2.21. The van der Waals surface area contributed by atoms with Crippen LogP contribution in [0.3, 0.4) is 0 Å². The molecule has 3 aromatic rings. The monoisotopic (exact) mass is 406 g/mol. The number of benzene rings is 2. The Kier molecular flexibility index (Phi) is 5.94. The van der Waals surface area contributed by atoms with Gasteiger partial charge in [0, 0.05) is 44.0 Å². The van der Waals surface area contributed by atoms with E-state index in [9.17, 15) is 4.79 Å². The summed E-state index contributed by atoms with van der Waals surface area (Å²) in [6.45, 7) is 5.81. The van der Waals surface area contributed by atoms with E-state index in [4.69, 9.17) is 4.74 Å². The standard InChI is InChI=1S/C22H26N6O2/c1-16-23-21(26-25-16)18-4-3-5-19(14-18)24-22(29)28-12-10-27(11-13-28)15-17-6-8-20(30-2)9-7-17/h3-9,14H,10-13,15H2,1-2H3,(H,24,29)(H,23,25,26). The molecule has 1 saturated heterocycles. The van der Waals surface area contributed by atoms with Gasteiger partial charge in [0.15, 0.2) is 5.82 Å². The van der Waals surface area contributed by atoms with Gasteiger partial charge < -0.3 is 15.0 Å². The van der Waals surface area contributed by atoms with Crippen LogP contribution in [-0.4, -0.2) is 64.3 Å². The number of hydrogen-bond acceptors (Lipinski definition) is 5. The molecule has 1 aromatic heterocycles. The summed E-state index contributed by atoms with van der Waals surface area (Å²) in [5.74, 6) is 2.24. The highest BCUT2D eigenvalue weighted by Crippen LogP contribution is 2.20. The van der Waals surface area contributed by atoms with E-state index >= 15 is 0 Å². The van der Waals surface area contributed by atoms with Crippen molar-refractivity contribution >= 4 is 11.7 Å². The van der Waals surface area contributed by atoms with Gasteiger partial charge in [-0.1, -0.05) is 24.3 Å². The lowest BCUT2D eigenvalue weighted by Gasteiger charge is -2.34. The third-order valence-electron chi connectivity index (χ3n) is 5.19. The molecule has 1 aliphatic heterocycles. The van der Waals surface area contributed by atoms with Crippen LogP contribution in [0.25, 0.3) is 11.4 Å². The van der Waals surface area contributed by atoms with Gasteiger partial charge in [-0.3, -0.25) is 10.00 Å². The lowest BCUT2D eigenvalue weighted by atomic mass is 10.2. The summed E-state index contributed by atoms with van der Waals surface area (Å²) in [6.07, 6.45) is 0. The first-order valence-corrected chi connectivity index (χ1v) is 10.0. The number of methoxy groups -OCH3 is 1. The molecule has 0 bridgehead atoms. The number of H-pyrrole nitrogens is 1. The summed E-state index contributed by atoms with van der Waals surface area (Å²) in [5, 5.41) is 10.0. The number of aromatic amines is 1. The Labute approximate surface area is 175 Å². The van der Waals surface area contributed by atoms with Crippen molar-refractivity contribution in [2.45, 2.75) is 13.5 Å². The SMILES string of the molecule is COc1ccc(CN2CCN(C(=O)Nc3cccc(-c4n[nH]c(C)n4)c3)CC2)cc1. The van der Waals surface area contributed by atoms with Crippen molar-refractivity contribution in [2.75, 3.05) is 38.6 Å². The van der Waals surface area contributed by atoms with E-state index in [1.165, 1.54) is 5.56 Å². The van der Waals surface area contributed by atoms with Gasteiger partial charge >= 0.3 is 6.03 Å². The quantitative estimate of drug-likeness (QED) is 0.680. The number of amides is 2. The van der Waals surface area contributed by atoms with E-state index in [0.717, 1.165) is 42.5 Å². The predicted molar refractivity (Wildman–Crippen MR) is 115 cm³/mol. The molecule has 1 aliphatic rings. The molecule has 8 nitrogen and oxygen atoms in total. The lowest BCUT2D eigenvalue weighted by molar-refractivity contribution is 0.143. The average Bonchev–Trinajstić information content (AvgIpc) is 3.21. The van der Waals surface area contributed by atoms with Crippen molar-refractivity contribution in [2.24, 2.45) is 0 Å². The number of urea groups is 1. The molecule has 1 fully saturated rings. The first kappa shape index (κ1) is 19.9. The van der Waals surface area contributed by atoms with Gasteiger partial charge in [0.25, 0.3) is 0 Å². The van der Waals surface area contributed by atoms with Gasteiger partial charge in [-0.25, -0.2) is 9.78 Å². The lowest BCUT2D eigenvalue weighted by Crippen LogP contribution is -2.49. The molecular weight excluding hydrogens is 380 g/mol. The topological polar surface area (TPSA) is 86.4 Å². The zero-order chi connectivity index (χ0) is 20.9. The number of ether oxygens (including phenoxy) is 1. The molecular formula is C22H26N6O2. The zero-order valence-electron chi connectivity index (χ0n) is 17.3. The number of anilines is 1. The van der Waals surface area contributed by atoms with Crippen molar-refractivity contribution < 1.29 is 9.53 Å². The molecule has 4 rings (SSSR count). The second-order valence-corrected chi connectivity index (χ2v) is 7.37. The number of nitrogens with one attached hydrogen (secondary N) is 2. The van der Waals surface area contributed by atoms with Crippen LogP contribution in [0.1, 0.15) is 11.4 Å². The summed E-state index contributed by atoms with van der Waals surface area (Å²) in [7, 11) is 1.67. The van der Waals surface area contributed by atoms with Crippen LogP contribution in [-0.2, 0) is 6.54 Å². The van der Waals surface area contributed by atoms with Crippen molar-refractivity contribution in [1.29, 1.82) is 0 Å². The first-order chi connectivity index (χ1) is 14.6. The van der Waals surface area contributed by atoms with Crippen molar-refractivity contribution in [3.8, 4) is 17.1 Å². The van der Waals surface area contributed by atoms with Crippen LogP contribution in [0.15, 0.2) is 48.5 Å². The largest absolute Gasteiger partial charge is 0.497 e. The molecule has 0 radical (unpaired) electrons. The molecule has 8 heteroatoms. The van der Waals surface area contributed by atoms with E-state index in [2.05, 4.69) is 37.5 Å². The van der Waals surface area contributed by atoms with Gasteiger partial charge in [0.2, 0.25) is 0 Å². The molecule has 0 saturated carbocycles. The number of carbonyl (C=O) groups is 1. The number of hydrogen-bond donors (Lipinski definition) is 2. The number of carbonyl (C=O) groups excluding carboxylic acids is 1. The summed E-state index contributed by atoms with van der Waals surface area (Å²) in [6, 6.07) is 15.6. The second-order valence-electron chi connectivity index (χ2n) is 7.37. The van der Waals surface area contributed by atoms with Gasteiger partial charge in [0.05, 0.1) is 7.11 Å². The van der Waals surface area contributed by atoms with Gasteiger partial charge in [0.1, 0.15) is 11.6 Å². The van der Waals surface area contributed by atoms with Gasteiger partial charge in [-0.2, -0.15) is 5.10 Å². The molecule has 0 aliphatic carbocycles. The first-order valence-electron chi connectivity index (χ1n) is 10.0. The van der Waals surface area contributed by atoms with Gasteiger partial charge in [-0.15, -0.1) is 0 Å². The maximum absolute atomic E-state index is 12.7. The summed E-state index contributed by atoms with van der Waals surface area (Å²) in [4.78, 5) is 21.3. The zero-order valence-corrected chi connectivity index (χ0v) is 17.3. The van der Waals surface area contributed by atoms with Crippen molar-refractivity contribution in [1.82, 2.24) is 25.0 Å². The van der Waals surface area contributed by atoms with Crippen LogP contribution in [0.4, 0.5) is 10.5 Å². The highest BCUT2D eigenvalue weighted by atomic mass is 16.5. The van der Waals surface area contributed by atoms with Gasteiger partial charge in [-0.05, 0) is 36.8 Å². The Morgan fingerprint density at radius 2 is 1.90 bits per heavy atom. The minimum atomic E-state index is -0.0811. The molecule has 2 aromatic carbocycles. The van der Waals surface area contributed by atoms with Crippen LogP contribution in [0, 0.1) is 6.92 Å². The fraction of sp³-hybridized carbons (Fsp3) is 0.318. The molecule has 0 spiro atoms. The predicted octanol–water partition coefficient (Wildman–Crippen LogP) is 3.14. The third kappa shape index (κ3) is 4.77. The number of nitrogens with zero attached hydrogens (tertiary/aromatic N) is 4. The third-order valence-corrected chi connectivity index (χ3v) is 5.19. The molecule has 2 N–H and O–H groups in total. The number of piperazine rings is 1. The van der Waals surface area contributed by atoms with Crippen LogP contribution in [0.5, 0.6) is 5.75 Å². The van der Waals surface area contributed by atoms with Crippen LogP contribution >= 0.6 is 0 Å². The van der Waals surface area contributed by atoms with Crippen LogP contribution < -0.4 is 10.1 Å². The fourth-order valence-electron chi connectivity index (χ4n) is 3.51. The maximum atomic E-state index is 12.7. The van der Waals surface area contributed by atoms with Crippen LogP contribution in [0.2, 0.25) is 0 Å². The maximum Gasteiger partial charge on any atom is 0.321 e. The fourth-order valence-corrected chi connectivity index (χ4v) is 3.51. The minimum Gasteiger partial charge on any atom is -0.497 e. The normalized spacial score (nSPS) is 14.5. The number of aromatic nitrogens is 3. The average molecular weight is 406 g/mol. The van der Waals surface area contributed by atoms with E-state index in [-0.39, 0.29) is 6.03 Å². The molecule has 30 heavy (non-hydrogen) atoms.